The van der Waals surface area contributed by atoms with E-state index in [0.717, 1.165) is 19.3 Å². The first-order valence-corrected chi connectivity index (χ1v) is 4.84. The van der Waals surface area contributed by atoms with Crippen LogP contribution in [0.4, 0.5) is 0 Å². The van der Waals surface area contributed by atoms with Crippen LogP contribution < -0.4 is 0 Å². The Kier molecular flexibility index (Phi) is 3.12. The lowest BCUT2D eigenvalue weighted by Crippen LogP contribution is -2.25. The second kappa shape index (κ2) is 3.92. The molecule has 2 heteroatoms. The molecule has 1 aliphatic carbocycles. The third-order valence-corrected chi connectivity index (χ3v) is 3.01. The quantitative estimate of drug-likeness (QED) is 0.691. The molecule has 0 bridgehead atoms. The minimum Gasteiger partial charge on any atom is -0.481 e. The Labute approximate surface area is 74.0 Å². The predicted molar refractivity (Wildman–Crippen MR) is 47.9 cm³/mol. The van der Waals surface area contributed by atoms with Crippen molar-refractivity contribution in [2.45, 2.75) is 39.5 Å². The molecule has 0 aromatic heterocycles. The zero-order valence-electron chi connectivity index (χ0n) is 7.92. The number of rotatable bonds is 2. The smallest absolute Gasteiger partial charge is 0.306 e. The maximum atomic E-state index is 10.7. The van der Waals surface area contributed by atoms with Crippen LogP contribution >= 0.6 is 0 Å². The highest BCUT2D eigenvalue weighted by Gasteiger charge is 2.28. The van der Waals surface area contributed by atoms with Crippen molar-refractivity contribution in [2.75, 3.05) is 0 Å². The van der Waals surface area contributed by atoms with E-state index in [-0.39, 0.29) is 5.92 Å². The third kappa shape index (κ3) is 2.23. The van der Waals surface area contributed by atoms with Gasteiger partial charge in [-0.25, -0.2) is 0 Å². The van der Waals surface area contributed by atoms with Gasteiger partial charge in [0.1, 0.15) is 0 Å². The second-order valence-corrected chi connectivity index (χ2v) is 4.21. The molecular weight excluding hydrogens is 152 g/mol. The van der Waals surface area contributed by atoms with Crippen molar-refractivity contribution < 1.29 is 9.90 Å². The van der Waals surface area contributed by atoms with Gasteiger partial charge in [0.15, 0.2) is 0 Å². The average molecular weight is 170 g/mol. The second-order valence-electron chi connectivity index (χ2n) is 4.21. The summed E-state index contributed by atoms with van der Waals surface area (Å²) in [5.74, 6) is 0.624. The first kappa shape index (κ1) is 9.56. The number of carboxylic acids is 1. The van der Waals surface area contributed by atoms with E-state index in [0.29, 0.717) is 11.8 Å². The van der Waals surface area contributed by atoms with Crippen LogP contribution in [0.1, 0.15) is 39.5 Å². The van der Waals surface area contributed by atoms with Crippen LogP contribution in [0.5, 0.6) is 0 Å². The topological polar surface area (TPSA) is 37.3 Å². The van der Waals surface area contributed by atoms with Crippen LogP contribution in [-0.4, -0.2) is 11.1 Å². The Morgan fingerprint density at radius 1 is 1.42 bits per heavy atom. The van der Waals surface area contributed by atoms with Crippen molar-refractivity contribution in [3.05, 3.63) is 0 Å². The summed E-state index contributed by atoms with van der Waals surface area (Å²) in [6, 6.07) is 0. The van der Waals surface area contributed by atoms with Crippen molar-refractivity contribution in [2.24, 2.45) is 17.8 Å². The standard InChI is InChI=1S/C10H18O2/c1-7(2)8-4-3-5-9(6-8)10(11)12/h7-9H,3-6H2,1-2H3,(H,11,12)/t8?,9-/m1/s1. The van der Waals surface area contributed by atoms with Crippen molar-refractivity contribution in [3.8, 4) is 0 Å². The summed E-state index contributed by atoms with van der Waals surface area (Å²) in [6.07, 6.45) is 4.10. The molecular formula is C10H18O2. The van der Waals surface area contributed by atoms with Crippen molar-refractivity contribution in [1.82, 2.24) is 0 Å². The van der Waals surface area contributed by atoms with E-state index in [1.54, 1.807) is 0 Å². The van der Waals surface area contributed by atoms with Crippen molar-refractivity contribution in [3.63, 3.8) is 0 Å². The summed E-state index contributed by atoms with van der Waals surface area (Å²) >= 11 is 0. The summed E-state index contributed by atoms with van der Waals surface area (Å²) in [4.78, 5) is 10.7. The minimum atomic E-state index is -0.597. The molecule has 1 rings (SSSR count). The van der Waals surface area contributed by atoms with E-state index < -0.39 is 5.97 Å². The molecule has 12 heavy (non-hydrogen) atoms. The molecule has 1 saturated carbocycles. The molecule has 0 heterocycles. The van der Waals surface area contributed by atoms with Gasteiger partial charge in [-0.3, -0.25) is 4.79 Å². The lowest BCUT2D eigenvalue weighted by molar-refractivity contribution is -0.143. The summed E-state index contributed by atoms with van der Waals surface area (Å²) < 4.78 is 0. The van der Waals surface area contributed by atoms with Gasteiger partial charge >= 0.3 is 5.97 Å². The highest BCUT2D eigenvalue weighted by molar-refractivity contribution is 5.70. The van der Waals surface area contributed by atoms with Gasteiger partial charge < -0.3 is 5.11 Å². The van der Waals surface area contributed by atoms with Gasteiger partial charge in [0.25, 0.3) is 0 Å². The molecule has 1 unspecified atom stereocenters. The maximum Gasteiger partial charge on any atom is 0.306 e. The highest BCUT2D eigenvalue weighted by atomic mass is 16.4. The average Bonchev–Trinajstić information content (AvgIpc) is 2.04. The van der Waals surface area contributed by atoms with Gasteiger partial charge in [-0.05, 0) is 24.7 Å². The lowest BCUT2D eigenvalue weighted by Gasteiger charge is -2.29. The Bertz CT molecular complexity index is 163. The number of carboxylic acid groups (broad SMARTS) is 1. The van der Waals surface area contributed by atoms with E-state index in [1.807, 2.05) is 0 Å². The molecule has 2 nitrogen and oxygen atoms in total. The van der Waals surface area contributed by atoms with E-state index >= 15 is 0 Å². The summed E-state index contributed by atoms with van der Waals surface area (Å²) in [7, 11) is 0. The molecule has 70 valence electrons. The molecule has 0 amide bonds. The summed E-state index contributed by atoms with van der Waals surface area (Å²) in [6.45, 7) is 4.38. The summed E-state index contributed by atoms with van der Waals surface area (Å²) in [5, 5.41) is 8.84. The highest BCUT2D eigenvalue weighted by Crippen LogP contribution is 2.33. The Morgan fingerprint density at radius 2 is 2.08 bits per heavy atom. The zero-order chi connectivity index (χ0) is 9.14. The van der Waals surface area contributed by atoms with Gasteiger partial charge in [-0.1, -0.05) is 26.7 Å². The molecule has 0 aromatic carbocycles. The van der Waals surface area contributed by atoms with Crippen LogP contribution in [0.25, 0.3) is 0 Å². The van der Waals surface area contributed by atoms with Crippen LogP contribution in [0.15, 0.2) is 0 Å². The number of hydrogen-bond acceptors (Lipinski definition) is 1. The van der Waals surface area contributed by atoms with Crippen molar-refractivity contribution in [1.29, 1.82) is 0 Å². The van der Waals surface area contributed by atoms with Gasteiger partial charge in [0, 0.05) is 0 Å². The Morgan fingerprint density at radius 3 is 2.58 bits per heavy atom. The zero-order valence-corrected chi connectivity index (χ0v) is 7.92. The molecule has 1 fully saturated rings. The first-order chi connectivity index (χ1) is 5.61. The van der Waals surface area contributed by atoms with Gasteiger partial charge in [0.05, 0.1) is 5.92 Å². The van der Waals surface area contributed by atoms with Crippen LogP contribution in [0.3, 0.4) is 0 Å². The van der Waals surface area contributed by atoms with Crippen LogP contribution in [0, 0.1) is 17.8 Å². The first-order valence-electron chi connectivity index (χ1n) is 4.84. The Balaban J connectivity index is 2.46. The number of hydrogen-bond donors (Lipinski definition) is 1. The largest absolute Gasteiger partial charge is 0.481 e. The fourth-order valence-electron chi connectivity index (χ4n) is 2.06. The molecule has 0 spiro atoms. The van der Waals surface area contributed by atoms with Crippen LogP contribution in [0.2, 0.25) is 0 Å². The van der Waals surface area contributed by atoms with Crippen molar-refractivity contribution >= 4 is 5.97 Å². The molecule has 1 N–H and O–H groups in total. The number of carbonyl (C=O) groups is 1. The normalized spacial score (nSPS) is 30.6. The molecule has 0 saturated heterocycles. The monoisotopic (exact) mass is 170 g/mol. The fourth-order valence-corrected chi connectivity index (χ4v) is 2.06. The SMILES string of the molecule is CC(C)C1CCC[C@@H](C(=O)O)C1. The van der Waals surface area contributed by atoms with Crippen LogP contribution in [-0.2, 0) is 4.79 Å². The Hall–Kier alpha value is -0.530. The number of aliphatic carboxylic acids is 1. The molecule has 0 aliphatic heterocycles. The van der Waals surface area contributed by atoms with E-state index in [4.69, 9.17) is 5.11 Å². The minimum absolute atomic E-state index is 0.0638. The lowest BCUT2D eigenvalue weighted by atomic mass is 9.76. The molecule has 0 radical (unpaired) electrons. The summed E-state index contributed by atoms with van der Waals surface area (Å²) in [5.41, 5.74) is 0. The molecule has 0 aromatic rings. The van der Waals surface area contributed by atoms with E-state index in [9.17, 15) is 4.79 Å². The maximum absolute atomic E-state index is 10.7. The van der Waals surface area contributed by atoms with Gasteiger partial charge in [0.2, 0.25) is 0 Å². The van der Waals surface area contributed by atoms with Gasteiger partial charge in [-0.15, -0.1) is 0 Å². The third-order valence-electron chi connectivity index (χ3n) is 3.01. The molecule has 1 aliphatic rings. The fraction of sp³-hybridized carbons (Fsp3) is 0.900. The van der Waals surface area contributed by atoms with E-state index in [1.165, 1.54) is 6.42 Å². The molecule has 2 atom stereocenters. The van der Waals surface area contributed by atoms with E-state index in [2.05, 4.69) is 13.8 Å². The predicted octanol–water partition coefficient (Wildman–Crippen LogP) is 2.53. The van der Waals surface area contributed by atoms with Gasteiger partial charge in [-0.2, -0.15) is 0 Å².